The first kappa shape index (κ1) is 24.4. The Bertz CT molecular complexity index is 1360. The molecule has 2 aromatic rings. The van der Waals surface area contributed by atoms with Crippen LogP contribution in [0.5, 0.6) is 0 Å². The van der Waals surface area contributed by atoms with Crippen molar-refractivity contribution in [3.63, 3.8) is 0 Å². The number of anilines is 1. The van der Waals surface area contributed by atoms with Gasteiger partial charge in [-0.15, -0.1) is 0 Å². The molecule has 2 aromatic carbocycles. The largest absolute Gasteiger partial charge is 0.427 e. The Morgan fingerprint density at radius 1 is 1.05 bits per heavy atom. The van der Waals surface area contributed by atoms with Gasteiger partial charge in [-0.1, -0.05) is 12.1 Å². The smallest absolute Gasteiger partial charge is 0.418 e. The van der Waals surface area contributed by atoms with Crippen LogP contribution in [0.3, 0.4) is 0 Å². The molecule has 2 atom stereocenters. The summed E-state index contributed by atoms with van der Waals surface area (Å²) in [7, 11) is 1.52. The Morgan fingerprint density at radius 3 is 2.63 bits per heavy atom. The number of imide groups is 1. The number of rotatable bonds is 4. The summed E-state index contributed by atoms with van der Waals surface area (Å²) in [5, 5.41) is 5.19. The van der Waals surface area contributed by atoms with Gasteiger partial charge in [0, 0.05) is 37.3 Å². The average Bonchev–Trinajstić information content (AvgIpc) is 3.66. The number of carbonyl (C=O) groups is 4. The van der Waals surface area contributed by atoms with E-state index in [1.165, 1.54) is 19.2 Å². The van der Waals surface area contributed by atoms with Gasteiger partial charge >= 0.3 is 12.1 Å². The van der Waals surface area contributed by atoms with E-state index in [1.807, 2.05) is 0 Å². The summed E-state index contributed by atoms with van der Waals surface area (Å²) in [6, 6.07) is 9.39. The van der Waals surface area contributed by atoms with Crippen molar-refractivity contribution >= 4 is 29.6 Å². The lowest BCUT2D eigenvalue weighted by molar-refractivity contribution is -0.143. The van der Waals surface area contributed by atoms with Gasteiger partial charge in [0.1, 0.15) is 12.4 Å². The van der Waals surface area contributed by atoms with E-state index in [1.54, 1.807) is 29.2 Å². The monoisotopic (exact) mass is 520 g/mol. The molecule has 4 aliphatic rings. The number of nitrogens with one attached hydrogen (secondary N) is 2. The highest BCUT2D eigenvalue weighted by molar-refractivity contribution is 6.06. The molecular formula is C28H29FN4O5. The summed E-state index contributed by atoms with van der Waals surface area (Å²) in [5.41, 5.74) is 2.27. The molecule has 198 valence electrons. The zero-order valence-electron chi connectivity index (χ0n) is 21.1. The minimum Gasteiger partial charge on any atom is -0.427 e. The van der Waals surface area contributed by atoms with E-state index < -0.39 is 24.1 Å². The summed E-state index contributed by atoms with van der Waals surface area (Å²) < 4.78 is 19.6. The van der Waals surface area contributed by atoms with E-state index in [2.05, 4.69) is 10.6 Å². The summed E-state index contributed by atoms with van der Waals surface area (Å²) >= 11 is 0. The van der Waals surface area contributed by atoms with Crippen LogP contribution in [0.25, 0.3) is 0 Å². The van der Waals surface area contributed by atoms with E-state index in [0.29, 0.717) is 36.6 Å². The molecule has 5 amide bonds. The third kappa shape index (κ3) is 4.08. The van der Waals surface area contributed by atoms with Crippen molar-refractivity contribution in [1.82, 2.24) is 15.1 Å². The molecule has 6 rings (SSSR count). The van der Waals surface area contributed by atoms with Crippen LogP contribution in [0.1, 0.15) is 47.9 Å². The van der Waals surface area contributed by atoms with E-state index in [9.17, 15) is 23.6 Å². The fraction of sp³-hybridized carbons (Fsp3) is 0.429. The standard InChI is InChI=1S/C28H29FN4O5/c1-30-26(36)31-21-7-8-22-18(13-21)10-11-28(22)25(35)33(27(37)38-28)15-24(34)32-14-19-4-6-20(29)12-17(19)5-9-23(32)16-2-3-16/h4,6-8,12-13,16,23H,2-3,5,9-11,14-15H2,1H3,(H2,30,31,36)/t23?,28-/m0/s1. The predicted molar refractivity (Wildman–Crippen MR) is 134 cm³/mol. The molecule has 2 N–H and O–H groups in total. The SMILES string of the molecule is CNC(=O)Nc1ccc2c(c1)CC[C@]21OC(=O)N(CC(=O)N2Cc3ccc(F)cc3CCC2C2CC2)C1=O. The molecule has 1 spiro atoms. The number of benzene rings is 2. The minimum atomic E-state index is -1.46. The van der Waals surface area contributed by atoms with Gasteiger partial charge in [-0.2, -0.15) is 0 Å². The third-order valence-electron chi connectivity index (χ3n) is 8.24. The van der Waals surface area contributed by atoms with Gasteiger partial charge in [0.2, 0.25) is 11.5 Å². The van der Waals surface area contributed by atoms with E-state index in [0.717, 1.165) is 40.9 Å². The van der Waals surface area contributed by atoms with Crippen molar-refractivity contribution in [2.75, 3.05) is 18.9 Å². The highest BCUT2D eigenvalue weighted by Gasteiger charge is 2.58. The maximum atomic E-state index is 13.9. The molecule has 2 aliphatic carbocycles. The lowest BCUT2D eigenvalue weighted by atomic mass is 9.94. The number of halogens is 1. The Kier molecular flexibility index (Phi) is 5.85. The third-order valence-corrected chi connectivity index (χ3v) is 8.24. The van der Waals surface area contributed by atoms with Gasteiger partial charge in [0.15, 0.2) is 0 Å². The summed E-state index contributed by atoms with van der Waals surface area (Å²) in [6.07, 6.45) is 3.39. The van der Waals surface area contributed by atoms with Gasteiger partial charge in [-0.05, 0) is 79.0 Å². The van der Waals surface area contributed by atoms with Gasteiger partial charge < -0.3 is 20.3 Å². The van der Waals surface area contributed by atoms with Crippen LogP contribution in [0.4, 0.5) is 19.7 Å². The number of nitrogens with zero attached hydrogens (tertiary/aromatic N) is 2. The molecule has 38 heavy (non-hydrogen) atoms. The lowest BCUT2D eigenvalue weighted by Crippen LogP contribution is -2.48. The highest BCUT2D eigenvalue weighted by atomic mass is 19.1. The fourth-order valence-electron chi connectivity index (χ4n) is 6.14. The zero-order chi connectivity index (χ0) is 26.6. The van der Waals surface area contributed by atoms with Crippen LogP contribution in [0, 0.1) is 11.7 Å². The second-order valence-corrected chi connectivity index (χ2v) is 10.5. The van der Waals surface area contributed by atoms with Crippen LogP contribution in [0.15, 0.2) is 36.4 Å². The Balaban J connectivity index is 1.23. The number of aryl methyl sites for hydroxylation is 2. The fourth-order valence-corrected chi connectivity index (χ4v) is 6.14. The summed E-state index contributed by atoms with van der Waals surface area (Å²) in [6.45, 7) is -0.0768. The second-order valence-electron chi connectivity index (χ2n) is 10.5. The van der Waals surface area contributed by atoms with Crippen LogP contribution in [-0.2, 0) is 39.3 Å². The minimum absolute atomic E-state index is 0.0147. The molecule has 1 saturated carbocycles. The Morgan fingerprint density at radius 2 is 1.87 bits per heavy atom. The van der Waals surface area contributed by atoms with Crippen LogP contribution >= 0.6 is 0 Å². The van der Waals surface area contributed by atoms with Crippen molar-refractivity contribution < 1.29 is 28.3 Å². The molecule has 1 saturated heterocycles. The maximum absolute atomic E-state index is 13.9. The van der Waals surface area contributed by atoms with Crippen LogP contribution in [0.2, 0.25) is 0 Å². The first-order valence-electron chi connectivity index (χ1n) is 13.0. The van der Waals surface area contributed by atoms with Crippen molar-refractivity contribution in [1.29, 1.82) is 0 Å². The molecule has 2 heterocycles. The molecular weight excluding hydrogens is 491 g/mol. The number of ether oxygens (including phenoxy) is 1. The molecule has 2 aliphatic heterocycles. The second kappa shape index (κ2) is 9.11. The summed E-state index contributed by atoms with van der Waals surface area (Å²) in [4.78, 5) is 54.6. The number of fused-ring (bicyclic) bond motifs is 3. The summed E-state index contributed by atoms with van der Waals surface area (Å²) in [5.74, 6) is -0.771. The van der Waals surface area contributed by atoms with Crippen molar-refractivity contribution in [2.24, 2.45) is 5.92 Å². The zero-order valence-corrected chi connectivity index (χ0v) is 21.1. The topological polar surface area (TPSA) is 108 Å². The first-order chi connectivity index (χ1) is 18.3. The molecule has 0 radical (unpaired) electrons. The Hall–Kier alpha value is -3.95. The highest BCUT2D eigenvalue weighted by Crippen LogP contribution is 2.46. The number of hydrogen-bond acceptors (Lipinski definition) is 5. The maximum Gasteiger partial charge on any atom is 0.418 e. The number of carbonyl (C=O) groups excluding carboxylic acids is 4. The lowest BCUT2D eigenvalue weighted by Gasteiger charge is -2.31. The van der Waals surface area contributed by atoms with Crippen molar-refractivity contribution in [3.8, 4) is 0 Å². The molecule has 2 fully saturated rings. The van der Waals surface area contributed by atoms with E-state index in [4.69, 9.17) is 4.74 Å². The van der Waals surface area contributed by atoms with E-state index in [-0.39, 0.29) is 30.2 Å². The molecule has 0 bridgehead atoms. The average molecular weight is 521 g/mol. The number of urea groups is 1. The molecule has 9 nitrogen and oxygen atoms in total. The van der Waals surface area contributed by atoms with Crippen LogP contribution in [-0.4, -0.2) is 53.4 Å². The van der Waals surface area contributed by atoms with Crippen molar-refractivity contribution in [2.45, 2.75) is 56.7 Å². The molecule has 0 aromatic heterocycles. The van der Waals surface area contributed by atoms with Gasteiger partial charge in [-0.25, -0.2) is 18.9 Å². The normalized spacial score (nSPS) is 24.1. The molecule has 1 unspecified atom stereocenters. The predicted octanol–water partition coefficient (Wildman–Crippen LogP) is 3.45. The van der Waals surface area contributed by atoms with E-state index >= 15 is 0 Å². The molecule has 10 heteroatoms. The van der Waals surface area contributed by atoms with Crippen molar-refractivity contribution in [3.05, 3.63) is 64.5 Å². The quantitative estimate of drug-likeness (QED) is 0.642. The number of amides is 5. The number of hydrogen-bond donors (Lipinski definition) is 2. The first-order valence-corrected chi connectivity index (χ1v) is 13.0. The Labute approximate surface area is 219 Å². The van der Waals surface area contributed by atoms with Crippen LogP contribution < -0.4 is 10.6 Å². The van der Waals surface area contributed by atoms with Gasteiger partial charge in [0.05, 0.1) is 0 Å². The van der Waals surface area contributed by atoms with Gasteiger partial charge in [-0.3, -0.25) is 9.59 Å². The van der Waals surface area contributed by atoms with Gasteiger partial charge in [0.25, 0.3) is 5.91 Å².